The highest BCUT2D eigenvalue weighted by molar-refractivity contribution is 6.03. The molecule has 1 N–H and O–H groups in total. The number of ether oxygens (including phenoxy) is 3. The van der Waals surface area contributed by atoms with Gasteiger partial charge in [-0.1, -0.05) is 29.5 Å². The predicted octanol–water partition coefficient (Wildman–Crippen LogP) is 4.54. The molecule has 0 spiro atoms. The lowest BCUT2D eigenvalue weighted by Crippen LogP contribution is -2.50. The Balaban J connectivity index is 1.89. The summed E-state index contributed by atoms with van der Waals surface area (Å²) in [6.45, 7) is 7.90. The summed E-state index contributed by atoms with van der Waals surface area (Å²) in [5.74, 6) is 0.800. The number of amides is 2. The zero-order valence-corrected chi connectivity index (χ0v) is 23.7. The highest BCUT2D eigenvalue weighted by Crippen LogP contribution is 2.38. The number of carbonyl (C=O) groups is 2. The largest absolute Gasteiger partial charge is 0.497 e. The second kappa shape index (κ2) is 12.1. The quantitative estimate of drug-likeness (QED) is 0.312. The number of para-hydroxylation sites is 1. The van der Waals surface area contributed by atoms with Crippen LogP contribution in [0.15, 0.2) is 66.7 Å². The summed E-state index contributed by atoms with van der Waals surface area (Å²) < 4.78 is 18.3. The molecule has 0 radical (unpaired) electrons. The molecule has 3 aromatic carbocycles. The molecule has 4 rings (SSSR count). The van der Waals surface area contributed by atoms with Gasteiger partial charge in [0, 0.05) is 11.6 Å². The number of nitrogens with zero attached hydrogens (tertiary/aromatic N) is 4. The zero-order chi connectivity index (χ0) is 28.9. The van der Waals surface area contributed by atoms with E-state index in [9.17, 15) is 9.59 Å². The van der Waals surface area contributed by atoms with Crippen molar-refractivity contribution in [1.29, 1.82) is 0 Å². The lowest BCUT2D eigenvalue weighted by molar-refractivity contribution is -0.128. The van der Waals surface area contributed by atoms with Crippen LogP contribution in [0, 0.1) is 0 Å². The van der Waals surface area contributed by atoms with Gasteiger partial charge in [-0.25, -0.2) is 4.68 Å². The van der Waals surface area contributed by atoms with E-state index >= 15 is 0 Å². The molecule has 210 valence electrons. The van der Waals surface area contributed by atoms with Crippen LogP contribution in [0.3, 0.4) is 0 Å². The first-order valence-corrected chi connectivity index (χ1v) is 13.0. The first-order chi connectivity index (χ1) is 19.1. The molecule has 0 bridgehead atoms. The number of nitrogens with one attached hydrogen (secondary N) is 1. The van der Waals surface area contributed by atoms with Crippen molar-refractivity contribution in [2.45, 2.75) is 45.8 Å². The van der Waals surface area contributed by atoms with Crippen LogP contribution in [-0.2, 0) is 16.1 Å². The van der Waals surface area contributed by atoms with E-state index in [0.29, 0.717) is 46.1 Å². The summed E-state index contributed by atoms with van der Waals surface area (Å²) >= 11 is 0. The van der Waals surface area contributed by atoms with Crippen molar-refractivity contribution < 1.29 is 23.8 Å². The first-order valence-electron chi connectivity index (χ1n) is 13.0. The minimum absolute atomic E-state index is 0.169. The topological polar surface area (TPSA) is 108 Å². The molecule has 10 heteroatoms. The summed E-state index contributed by atoms with van der Waals surface area (Å²) in [6.07, 6.45) is 0. The van der Waals surface area contributed by atoms with E-state index in [0.717, 1.165) is 0 Å². The molecule has 0 saturated heterocycles. The van der Waals surface area contributed by atoms with Crippen molar-refractivity contribution in [3.63, 3.8) is 0 Å². The van der Waals surface area contributed by atoms with Gasteiger partial charge in [0.1, 0.15) is 35.4 Å². The molecule has 1 heterocycles. The van der Waals surface area contributed by atoms with E-state index in [2.05, 4.69) is 15.6 Å². The number of methoxy groups -OCH3 is 2. The Morgan fingerprint density at radius 3 is 2.33 bits per heavy atom. The van der Waals surface area contributed by atoms with Crippen molar-refractivity contribution >= 4 is 28.5 Å². The number of benzene rings is 3. The van der Waals surface area contributed by atoms with Crippen molar-refractivity contribution in [3.8, 4) is 17.2 Å². The van der Waals surface area contributed by atoms with E-state index in [1.54, 1.807) is 42.5 Å². The van der Waals surface area contributed by atoms with E-state index in [4.69, 9.17) is 14.2 Å². The fourth-order valence-corrected chi connectivity index (χ4v) is 4.41. The van der Waals surface area contributed by atoms with Crippen LogP contribution in [0.2, 0.25) is 0 Å². The van der Waals surface area contributed by atoms with Gasteiger partial charge in [0.15, 0.2) is 0 Å². The smallest absolute Gasteiger partial charge is 0.249 e. The van der Waals surface area contributed by atoms with Crippen molar-refractivity contribution in [1.82, 2.24) is 20.3 Å². The van der Waals surface area contributed by atoms with Crippen molar-refractivity contribution in [2.75, 3.05) is 25.7 Å². The molecular weight excluding hydrogens is 510 g/mol. The van der Waals surface area contributed by atoms with Gasteiger partial charge in [0.25, 0.3) is 0 Å². The van der Waals surface area contributed by atoms with Crippen LogP contribution >= 0.6 is 0 Å². The molecule has 0 saturated carbocycles. The summed E-state index contributed by atoms with van der Waals surface area (Å²) in [6, 6.07) is 18.6. The molecule has 1 atom stereocenters. The molecule has 0 fully saturated rings. The van der Waals surface area contributed by atoms with Gasteiger partial charge in [-0.3, -0.25) is 14.5 Å². The standard InChI is InChI=1S/C30H35N5O5/c1-7-40-21-14-12-20(13-15-21)28(29(37)31-30(2,3)4)35(25-18-22(38-5)16-17-26(25)39-6)27(36)19-34-24-11-9-8-10-23(24)32-33-34/h8-18,28H,7,19H2,1-6H3,(H,31,37)/t28-/m0/s1. The normalized spacial score (nSPS) is 12.1. The average molecular weight is 546 g/mol. The Kier molecular flexibility index (Phi) is 8.57. The van der Waals surface area contributed by atoms with E-state index in [-0.39, 0.29) is 12.5 Å². The van der Waals surface area contributed by atoms with Gasteiger partial charge in [0.05, 0.1) is 32.0 Å². The molecule has 40 heavy (non-hydrogen) atoms. The van der Waals surface area contributed by atoms with Crippen LogP contribution in [0.25, 0.3) is 11.0 Å². The third kappa shape index (κ3) is 6.33. The number of carbonyl (C=O) groups excluding carboxylic acids is 2. The summed E-state index contributed by atoms with van der Waals surface area (Å²) in [7, 11) is 3.05. The van der Waals surface area contributed by atoms with Crippen LogP contribution in [0.5, 0.6) is 17.2 Å². The van der Waals surface area contributed by atoms with Gasteiger partial charge < -0.3 is 19.5 Å². The molecule has 0 unspecified atom stereocenters. The van der Waals surface area contributed by atoms with E-state index < -0.39 is 17.5 Å². The van der Waals surface area contributed by atoms with Crippen LogP contribution < -0.4 is 24.4 Å². The number of anilines is 1. The molecule has 4 aromatic rings. The summed E-state index contributed by atoms with van der Waals surface area (Å²) in [5.41, 5.74) is 1.76. The number of fused-ring (bicyclic) bond motifs is 1. The Labute approximate surface area is 233 Å². The number of aromatic nitrogens is 3. The fourth-order valence-electron chi connectivity index (χ4n) is 4.41. The molecule has 2 amide bonds. The van der Waals surface area contributed by atoms with Crippen molar-refractivity contribution in [2.24, 2.45) is 0 Å². The lowest BCUT2D eigenvalue weighted by Gasteiger charge is -2.34. The molecule has 0 aliphatic heterocycles. The zero-order valence-electron chi connectivity index (χ0n) is 23.7. The minimum Gasteiger partial charge on any atom is -0.497 e. The van der Waals surface area contributed by atoms with Crippen LogP contribution in [0.4, 0.5) is 5.69 Å². The van der Waals surface area contributed by atoms with Gasteiger partial charge >= 0.3 is 0 Å². The Morgan fingerprint density at radius 2 is 1.68 bits per heavy atom. The number of hydrogen-bond donors (Lipinski definition) is 1. The molecule has 0 aliphatic rings. The third-order valence-electron chi connectivity index (χ3n) is 6.13. The number of rotatable bonds is 10. The van der Waals surface area contributed by atoms with Gasteiger partial charge in [-0.2, -0.15) is 0 Å². The maximum absolute atomic E-state index is 14.3. The summed E-state index contributed by atoms with van der Waals surface area (Å²) in [5, 5.41) is 11.4. The monoisotopic (exact) mass is 545 g/mol. The van der Waals surface area contributed by atoms with E-state index in [1.165, 1.54) is 23.8 Å². The van der Waals surface area contributed by atoms with Crippen LogP contribution in [-0.4, -0.2) is 53.2 Å². The lowest BCUT2D eigenvalue weighted by atomic mass is 10.00. The third-order valence-corrected chi connectivity index (χ3v) is 6.13. The number of hydrogen-bond acceptors (Lipinski definition) is 7. The van der Waals surface area contributed by atoms with E-state index in [1.807, 2.05) is 52.0 Å². The fraction of sp³-hybridized carbons (Fsp3) is 0.333. The van der Waals surface area contributed by atoms with Gasteiger partial charge in [-0.05, 0) is 69.7 Å². The highest BCUT2D eigenvalue weighted by Gasteiger charge is 2.36. The Bertz CT molecular complexity index is 1480. The maximum atomic E-state index is 14.3. The molecule has 0 aliphatic carbocycles. The summed E-state index contributed by atoms with van der Waals surface area (Å²) in [4.78, 5) is 29.8. The molecular formula is C30H35N5O5. The SMILES string of the molecule is CCOc1ccc([C@@H](C(=O)NC(C)(C)C)N(C(=O)Cn2nnc3ccccc32)c2cc(OC)ccc2OC)cc1. The molecule has 10 nitrogen and oxygen atoms in total. The van der Waals surface area contributed by atoms with Gasteiger partial charge in [-0.15, -0.1) is 5.10 Å². The van der Waals surface area contributed by atoms with Crippen molar-refractivity contribution in [3.05, 3.63) is 72.3 Å². The first kappa shape index (κ1) is 28.4. The highest BCUT2D eigenvalue weighted by atomic mass is 16.5. The average Bonchev–Trinajstić information content (AvgIpc) is 3.33. The predicted molar refractivity (Wildman–Crippen MR) is 153 cm³/mol. The van der Waals surface area contributed by atoms with Crippen LogP contribution in [0.1, 0.15) is 39.3 Å². The Morgan fingerprint density at radius 1 is 0.975 bits per heavy atom. The van der Waals surface area contributed by atoms with Gasteiger partial charge in [0.2, 0.25) is 11.8 Å². The second-order valence-electron chi connectivity index (χ2n) is 10.2. The minimum atomic E-state index is -1.06. The molecule has 1 aromatic heterocycles. The second-order valence-corrected chi connectivity index (χ2v) is 10.2. The maximum Gasteiger partial charge on any atom is 0.249 e. The Hall–Kier alpha value is -4.60.